The summed E-state index contributed by atoms with van der Waals surface area (Å²) in [7, 11) is 0. The number of aromatic nitrogens is 2. The molecular formula is C28H24N6O. The van der Waals surface area contributed by atoms with Crippen molar-refractivity contribution in [2.24, 2.45) is 0 Å². The third-order valence-electron chi connectivity index (χ3n) is 5.49. The molecule has 35 heavy (non-hydrogen) atoms. The number of nitrogens with one attached hydrogen (secondary N) is 3. The summed E-state index contributed by atoms with van der Waals surface area (Å²) in [5, 5.41) is 19.9. The Balaban J connectivity index is 1.30. The van der Waals surface area contributed by atoms with Gasteiger partial charge in [0, 0.05) is 29.6 Å². The second kappa shape index (κ2) is 10.4. The maximum Gasteiger partial charge on any atom is 0.162 e. The van der Waals surface area contributed by atoms with Gasteiger partial charge in [-0.2, -0.15) is 5.26 Å². The van der Waals surface area contributed by atoms with E-state index in [1.807, 2.05) is 91.0 Å². The number of rotatable bonds is 8. The van der Waals surface area contributed by atoms with Crippen LogP contribution in [0.2, 0.25) is 0 Å². The van der Waals surface area contributed by atoms with E-state index in [0.29, 0.717) is 31.0 Å². The van der Waals surface area contributed by atoms with Gasteiger partial charge < -0.3 is 20.7 Å². The van der Waals surface area contributed by atoms with Gasteiger partial charge in [-0.3, -0.25) is 0 Å². The third kappa shape index (κ3) is 5.40. The van der Waals surface area contributed by atoms with Gasteiger partial charge in [0.25, 0.3) is 0 Å². The van der Waals surface area contributed by atoms with Gasteiger partial charge in [0.15, 0.2) is 5.82 Å². The molecule has 3 aromatic carbocycles. The van der Waals surface area contributed by atoms with E-state index in [9.17, 15) is 0 Å². The molecule has 0 amide bonds. The lowest BCUT2D eigenvalue weighted by Crippen LogP contribution is -2.32. The maximum absolute atomic E-state index is 8.95. The van der Waals surface area contributed by atoms with Crippen molar-refractivity contribution in [1.29, 1.82) is 5.26 Å². The van der Waals surface area contributed by atoms with Crippen molar-refractivity contribution in [3.05, 3.63) is 102 Å². The first-order valence-electron chi connectivity index (χ1n) is 11.4. The van der Waals surface area contributed by atoms with Gasteiger partial charge in [-0.25, -0.2) is 9.97 Å². The highest BCUT2D eigenvalue weighted by molar-refractivity contribution is 5.90. The summed E-state index contributed by atoms with van der Waals surface area (Å²) in [6, 6.07) is 27.6. The first kappa shape index (κ1) is 22.0. The van der Waals surface area contributed by atoms with Crippen LogP contribution in [0.5, 0.6) is 11.5 Å². The molecule has 7 nitrogen and oxygen atoms in total. The van der Waals surface area contributed by atoms with Crippen molar-refractivity contribution in [2.45, 2.75) is 0 Å². The molecule has 4 aromatic rings. The quantitative estimate of drug-likeness (QED) is 0.319. The highest BCUT2D eigenvalue weighted by atomic mass is 16.5. The fraction of sp³-hybridized carbons (Fsp3) is 0.107. The zero-order valence-electron chi connectivity index (χ0n) is 19.0. The van der Waals surface area contributed by atoms with Crippen LogP contribution in [0.4, 0.5) is 5.82 Å². The minimum atomic E-state index is 0.540. The summed E-state index contributed by atoms with van der Waals surface area (Å²) in [5.74, 6) is 3.89. The first-order chi connectivity index (χ1) is 17.3. The van der Waals surface area contributed by atoms with Gasteiger partial charge in [0.05, 0.1) is 24.0 Å². The molecule has 0 saturated heterocycles. The van der Waals surface area contributed by atoms with Crippen LogP contribution in [0.25, 0.3) is 22.3 Å². The number of nitriles is 1. The van der Waals surface area contributed by atoms with Crippen LogP contribution < -0.4 is 20.7 Å². The van der Waals surface area contributed by atoms with Crippen LogP contribution in [0.15, 0.2) is 102 Å². The van der Waals surface area contributed by atoms with Crippen LogP contribution in [0.3, 0.4) is 0 Å². The highest BCUT2D eigenvalue weighted by Crippen LogP contribution is 2.27. The van der Waals surface area contributed by atoms with E-state index in [0.717, 1.165) is 39.6 Å². The van der Waals surface area contributed by atoms with Gasteiger partial charge in [0.1, 0.15) is 17.3 Å². The lowest BCUT2D eigenvalue weighted by molar-refractivity contribution is 0.483. The Morgan fingerprint density at radius 2 is 1.57 bits per heavy atom. The number of ether oxygens (including phenoxy) is 1. The monoisotopic (exact) mass is 460 g/mol. The first-order valence-corrected chi connectivity index (χ1v) is 11.4. The normalized spacial score (nSPS) is 12.7. The Hall–Kier alpha value is -4.83. The molecule has 0 saturated carbocycles. The Morgan fingerprint density at radius 1 is 0.829 bits per heavy atom. The molecule has 0 bridgehead atoms. The molecule has 0 atom stereocenters. The molecule has 1 aliphatic heterocycles. The minimum absolute atomic E-state index is 0.540. The SMILES string of the molecule is N#CC1=CC=C(NCCNc2nc(-c3ccc(Oc4ccccc4)cc3)nc3ccccc23)NC1. The fourth-order valence-electron chi connectivity index (χ4n) is 3.71. The number of para-hydroxylation sites is 2. The number of hydrogen-bond acceptors (Lipinski definition) is 7. The van der Waals surface area contributed by atoms with Crippen LogP contribution >= 0.6 is 0 Å². The molecule has 0 aliphatic carbocycles. The maximum atomic E-state index is 8.95. The molecule has 2 heterocycles. The number of nitrogens with zero attached hydrogens (tertiary/aromatic N) is 3. The summed E-state index contributed by atoms with van der Waals surface area (Å²) in [5.41, 5.74) is 2.51. The predicted molar refractivity (Wildman–Crippen MR) is 138 cm³/mol. The molecule has 1 aromatic heterocycles. The number of allylic oxidation sites excluding steroid dienone is 2. The van der Waals surface area contributed by atoms with Crippen molar-refractivity contribution in [2.75, 3.05) is 25.0 Å². The molecule has 1 aliphatic rings. The summed E-state index contributed by atoms with van der Waals surface area (Å²) < 4.78 is 5.90. The molecule has 0 spiro atoms. The average Bonchev–Trinajstić information content (AvgIpc) is 2.92. The Bertz CT molecular complexity index is 1420. The zero-order chi connectivity index (χ0) is 23.9. The Labute approximate surface area is 203 Å². The third-order valence-corrected chi connectivity index (χ3v) is 5.49. The highest BCUT2D eigenvalue weighted by Gasteiger charge is 2.10. The van der Waals surface area contributed by atoms with Gasteiger partial charge in [-0.1, -0.05) is 30.3 Å². The van der Waals surface area contributed by atoms with E-state index in [1.165, 1.54) is 0 Å². The second-order valence-corrected chi connectivity index (χ2v) is 7.94. The van der Waals surface area contributed by atoms with Crippen molar-refractivity contribution in [1.82, 2.24) is 20.6 Å². The summed E-state index contributed by atoms with van der Waals surface area (Å²) in [6.45, 7) is 1.89. The predicted octanol–water partition coefficient (Wildman–Crippen LogP) is 4.99. The summed E-state index contributed by atoms with van der Waals surface area (Å²) >= 11 is 0. The fourth-order valence-corrected chi connectivity index (χ4v) is 3.71. The van der Waals surface area contributed by atoms with Crippen LogP contribution in [-0.2, 0) is 0 Å². The molecule has 3 N–H and O–H groups in total. The topological polar surface area (TPSA) is 94.9 Å². The van der Waals surface area contributed by atoms with Crippen molar-refractivity contribution in [3.63, 3.8) is 0 Å². The number of benzene rings is 3. The van der Waals surface area contributed by atoms with E-state index in [1.54, 1.807) is 0 Å². The van der Waals surface area contributed by atoms with Gasteiger partial charge >= 0.3 is 0 Å². The summed E-state index contributed by atoms with van der Waals surface area (Å²) in [4.78, 5) is 9.60. The standard InChI is InChI=1S/C28H24N6O/c29-18-20-10-15-26(32-19-20)30-16-17-31-28-24-8-4-5-9-25(24)33-27(34-28)21-11-13-23(14-12-21)35-22-6-2-1-3-7-22/h1-15,30,32H,16-17,19H2,(H,31,33,34). The van der Waals surface area contributed by atoms with Crippen LogP contribution in [0.1, 0.15) is 0 Å². The van der Waals surface area contributed by atoms with Gasteiger partial charge in [-0.05, 0) is 60.7 Å². The van der Waals surface area contributed by atoms with Crippen molar-refractivity contribution in [3.8, 4) is 29.0 Å². The van der Waals surface area contributed by atoms with E-state index >= 15 is 0 Å². The minimum Gasteiger partial charge on any atom is -0.457 e. The van der Waals surface area contributed by atoms with Crippen LogP contribution in [-0.4, -0.2) is 29.6 Å². The van der Waals surface area contributed by atoms with E-state index in [-0.39, 0.29) is 0 Å². The number of dihydropyridines is 1. The largest absolute Gasteiger partial charge is 0.457 e. The van der Waals surface area contributed by atoms with Crippen molar-refractivity contribution < 1.29 is 4.74 Å². The lowest BCUT2D eigenvalue weighted by atomic mass is 10.1. The number of fused-ring (bicyclic) bond motifs is 1. The zero-order valence-corrected chi connectivity index (χ0v) is 19.0. The average molecular weight is 461 g/mol. The second-order valence-electron chi connectivity index (χ2n) is 7.94. The molecule has 0 radical (unpaired) electrons. The molecular weight excluding hydrogens is 436 g/mol. The van der Waals surface area contributed by atoms with Crippen molar-refractivity contribution >= 4 is 16.7 Å². The summed E-state index contributed by atoms with van der Waals surface area (Å²) in [6.07, 6.45) is 3.71. The van der Waals surface area contributed by atoms with E-state index in [2.05, 4.69) is 22.0 Å². The Morgan fingerprint density at radius 3 is 2.34 bits per heavy atom. The smallest absolute Gasteiger partial charge is 0.162 e. The molecule has 172 valence electrons. The molecule has 0 unspecified atom stereocenters. The van der Waals surface area contributed by atoms with E-state index < -0.39 is 0 Å². The molecule has 7 heteroatoms. The van der Waals surface area contributed by atoms with Gasteiger partial charge in [0.2, 0.25) is 0 Å². The molecule has 5 rings (SSSR count). The Kier molecular flexibility index (Phi) is 6.54. The number of hydrogen-bond donors (Lipinski definition) is 3. The molecule has 0 fully saturated rings. The lowest BCUT2D eigenvalue weighted by Gasteiger charge is -2.16. The number of anilines is 1. The van der Waals surface area contributed by atoms with Crippen LogP contribution in [0, 0.1) is 11.3 Å². The van der Waals surface area contributed by atoms with E-state index in [4.69, 9.17) is 20.0 Å². The van der Waals surface area contributed by atoms with Gasteiger partial charge in [-0.15, -0.1) is 0 Å².